The van der Waals surface area contributed by atoms with Gasteiger partial charge in [0.1, 0.15) is 5.65 Å². The molecule has 0 spiro atoms. The summed E-state index contributed by atoms with van der Waals surface area (Å²) in [6, 6.07) is 15.6. The number of benzene rings is 2. The zero-order valence-corrected chi connectivity index (χ0v) is 16.2. The summed E-state index contributed by atoms with van der Waals surface area (Å²) in [7, 11) is 0. The fourth-order valence-corrected chi connectivity index (χ4v) is 3.90. The number of carbonyl (C=O) groups is 3. The summed E-state index contributed by atoms with van der Waals surface area (Å²) < 4.78 is 1.88. The molecule has 0 aliphatic heterocycles. The molecule has 5 rings (SSSR count). The van der Waals surface area contributed by atoms with Crippen molar-refractivity contribution in [3.63, 3.8) is 0 Å². The van der Waals surface area contributed by atoms with Crippen molar-refractivity contribution in [1.29, 1.82) is 0 Å². The summed E-state index contributed by atoms with van der Waals surface area (Å²) in [6.07, 6.45) is 3.75. The number of hydrogen-bond acceptors (Lipinski definition) is 4. The van der Waals surface area contributed by atoms with Crippen molar-refractivity contribution in [1.82, 2.24) is 9.38 Å². The van der Waals surface area contributed by atoms with Crippen LogP contribution >= 0.6 is 0 Å². The summed E-state index contributed by atoms with van der Waals surface area (Å²) in [5.74, 6) is -0.782. The number of fused-ring (bicyclic) bond motifs is 3. The number of imidazole rings is 1. The van der Waals surface area contributed by atoms with Gasteiger partial charge in [-0.1, -0.05) is 42.5 Å². The summed E-state index contributed by atoms with van der Waals surface area (Å²) in [6.45, 7) is 1.96. The van der Waals surface area contributed by atoms with E-state index in [1.807, 2.05) is 35.9 Å². The van der Waals surface area contributed by atoms with Crippen LogP contribution in [0.25, 0.3) is 5.65 Å². The van der Waals surface area contributed by atoms with Gasteiger partial charge in [0.15, 0.2) is 11.6 Å². The number of rotatable bonds is 3. The maximum Gasteiger partial charge on any atom is 0.230 e. The Kier molecular flexibility index (Phi) is 4.06. The molecule has 0 radical (unpaired) electrons. The number of anilines is 1. The van der Waals surface area contributed by atoms with E-state index >= 15 is 0 Å². The lowest BCUT2D eigenvalue weighted by Crippen LogP contribution is -2.24. The first kappa shape index (κ1) is 18.0. The molecule has 1 amide bonds. The van der Waals surface area contributed by atoms with E-state index in [0.717, 1.165) is 11.2 Å². The second kappa shape index (κ2) is 6.77. The van der Waals surface area contributed by atoms with E-state index in [1.54, 1.807) is 42.5 Å². The van der Waals surface area contributed by atoms with Gasteiger partial charge in [0.2, 0.25) is 5.91 Å². The quantitative estimate of drug-likeness (QED) is 0.506. The number of ketones is 2. The molecule has 0 atom stereocenters. The Morgan fingerprint density at radius 3 is 2.43 bits per heavy atom. The van der Waals surface area contributed by atoms with Gasteiger partial charge in [-0.3, -0.25) is 14.4 Å². The van der Waals surface area contributed by atoms with Gasteiger partial charge in [-0.15, -0.1) is 0 Å². The van der Waals surface area contributed by atoms with Gasteiger partial charge in [-0.2, -0.15) is 0 Å². The maximum absolute atomic E-state index is 13.0. The fourth-order valence-electron chi connectivity index (χ4n) is 3.90. The Labute approximate surface area is 172 Å². The monoisotopic (exact) mass is 395 g/mol. The largest absolute Gasteiger partial charge is 0.325 e. The van der Waals surface area contributed by atoms with Gasteiger partial charge in [0.05, 0.1) is 23.4 Å². The molecule has 1 aliphatic rings. The predicted octanol–water partition coefficient (Wildman–Crippen LogP) is 3.60. The predicted molar refractivity (Wildman–Crippen MR) is 112 cm³/mol. The number of hydrogen-bond donors (Lipinski definition) is 1. The van der Waals surface area contributed by atoms with Crippen LogP contribution in [0.2, 0.25) is 0 Å². The fraction of sp³-hybridized carbons (Fsp3) is 0.0833. The zero-order chi connectivity index (χ0) is 20.8. The summed E-state index contributed by atoms with van der Waals surface area (Å²) in [5, 5.41) is 2.80. The van der Waals surface area contributed by atoms with E-state index in [2.05, 4.69) is 10.3 Å². The molecule has 0 saturated heterocycles. The van der Waals surface area contributed by atoms with Crippen molar-refractivity contribution in [3.05, 3.63) is 101 Å². The number of pyridine rings is 1. The molecule has 0 fully saturated rings. The third-order valence-corrected chi connectivity index (χ3v) is 5.30. The molecule has 2 aromatic carbocycles. The van der Waals surface area contributed by atoms with Crippen molar-refractivity contribution in [2.45, 2.75) is 13.3 Å². The lowest BCUT2D eigenvalue weighted by atomic mass is 9.83. The van der Waals surface area contributed by atoms with E-state index < -0.39 is 0 Å². The molecule has 6 heteroatoms. The third kappa shape index (κ3) is 2.81. The molecule has 0 saturated carbocycles. The van der Waals surface area contributed by atoms with Crippen molar-refractivity contribution in [3.8, 4) is 0 Å². The van der Waals surface area contributed by atoms with Crippen molar-refractivity contribution in [2.75, 3.05) is 5.32 Å². The molecular formula is C24H17N3O3. The van der Waals surface area contributed by atoms with Crippen molar-refractivity contribution >= 4 is 28.8 Å². The number of amides is 1. The Balaban J connectivity index is 1.46. The first-order chi connectivity index (χ1) is 14.5. The SMILES string of the molecule is Cc1cccn2cc(CC(=O)Nc3cccc4c3C(=O)c3ccccc3C4=O)nc12. The second-order valence-electron chi connectivity index (χ2n) is 7.31. The van der Waals surface area contributed by atoms with E-state index in [-0.39, 0.29) is 29.5 Å². The van der Waals surface area contributed by atoms with Crippen LogP contribution in [0.5, 0.6) is 0 Å². The third-order valence-electron chi connectivity index (χ3n) is 5.30. The standard InChI is InChI=1S/C24H17N3O3/c1-14-6-5-11-27-13-15(25-24(14)27)12-20(28)26-19-10-4-9-18-21(19)23(30)17-8-3-2-7-16(17)22(18)29/h2-11,13H,12H2,1H3,(H,26,28). The van der Waals surface area contributed by atoms with Gasteiger partial charge < -0.3 is 9.72 Å². The molecule has 0 unspecified atom stereocenters. The lowest BCUT2D eigenvalue weighted by molar-refractivity contribution is -0.115. The normalized spacial score (nSPS) is 12.6. The molecule has 2 heterocycles. The minimum absolute atomic E-state index is 0.0590. The van der Waals surface area contributed by atoms with Crippen LogP contribution in [0, 0.1) is 6.92 Å². The molecule has 0 bridgehead atoms. The first-order valence-corrected chi connectivity index (χ1v) is 9.57. The zero-order valence-electron chi connectivity index (χ0n) is 16.2. The summed E-state index contributed by atoms with van der Waals surface area (Å²) in [4.78, 5) is 43.1. The van der Waals surface area contributed by atoms with Gasteiger partial charge in [0, 0.05) is 29.1 Å². The molecule has 4 aromatic rings. The van der Waals surface area contributed by atoms with Gasteiger partial charge in [-0.25, -0.2) is 4.98 Å². The highest BCUT2D eigenvalue weighted by atomic mass is 16.2. The Hall–Kier alpha value is -4.06. The number of nitrogens with zero attached hydrogens (tertiary/aromatic N) is 2. The summed E-state index contributed by atoms with van der Waals surface area (Å²) in [5.41, 5.74) is 4.06. The van der Waals surface area contributed by atoms with Gasteiger partial charge in [-0.05, 0) is 24.6 Å². The van der Waals surface area contributed by atoms with E-state index in [1.165, 1.54) is 0 Å². The van der Waals surface area contributed by atoms with Crippen LogP contribution in [-0.2, 0) is 11.2 Å². The Morgan fingerprint density at radius 1 is 0.933 bits per heavy atom. The van der Waals surface area contributed by atoms with E-state index in [4.69, 9.17) is 0 Å². The van der Waals surface area contributed by atoms with E-state index in [9.17, 15) is 14.4 Å². The molecular weight excluding hydrogens is 378 g/mol. The number of carbonyl (C=O) groups excluding carboxylic acids is 3. The lowest BCUT2D eigenvalue weighted by Gasteiger charge is -2.20. The average molecular weight is 395 g/mol. The number of nitrogens with one attached hydrogen (secondary N) is 1. The van der Waals surface area contributed by atoms with Crippen molar-refractivity contribution in [2.24, 2.45) is 0 Å². The molecule has 1 N–H and O–H groups in total. The minimum Gasteiger partial charge on any atom is -0.325 e. The smallest absolute Gasteiger partial charge is 0.230 e. The van der Waals surface area contributed by atoms with Crippen LogP contribution in [-0.4, -0.2) is 26.9 Å². The highest BCUT2D eigenvalue weighted by Crippen LogP contribution is 2.32. The molecule has 146 valence electrons. The highest BCUT2D eigenvalue weighted by Gasteiger charge is 2.31. The average Bonchev–Trinajstić information content (AvgIpc) is 3.15. The molecule has 6 nitrogen and oxygen atoms in total. The number of aromatic nitrogens is 2. The van der Waals surface area contributed by atoms with Crippen LogP contribution in [0.4, 0.5) is 5.69 Å². The molecule has 30 heavy (non-hydrogen) atoms. The maximum atomic E-state index is 13.0. The first-order valence-electron chi connectivity index (χ1n) is 9.57. The van der Waals surface area contributed by atoms with Crippen molar-refractivity contribution < 1.29 is 14.4 Å². The van der Waals surface area contributed by atoms with Crippen LogP contribution in [0.1, 0.15) is 43.1 Å². The highest BCUT2D eigenvalue weighted by molar-refractivity contribution is 6.30. The molecule has 1 aliphatic carbocycles. The van der Waals surface area contributed by atoms with Gasteiger partial charge >= 0.3 is 0 Å². The Morgan fingerprint density at radius 2 is 1.67 bits per heavy atom. The van der Waals surface area contributed by atoms with Crippen LogP contribution in [0.15, 0.2) is 67.0 Å². The summed E-state index contributed by atoms with van der Waals surface area (Å²) >= 11 is 0. The Bertz CT molecular complexity index is 1370. The van der Waals surface area contributed by atoms with Crippen LogP contribution < -0.4 is 5.32 Å². The molecule has 2 aromatic heterocycles. The van der Waals surface area contributed by atoms with Gasteiger partial charge in [0.25, 0.3) is 0 Å². The van der Waals surface area contributed by atoms with Crippen LogP contribution in [0.3, 0.4) is 0 Å². The van der Waals surface area contributed by atoms with E-state index in [0.29, 0.717) is 28.1 Å². The minimum atomic E-state index is -0.302. The number of aryl methyl sites for hydroxylation is 1. The second-order valence-corrected chi connectivity index (χ2v) is 7.31. The topological polar surface area (TPSA) is 80.5 Å².